The Bertz CT molecular complexity index is 626. The standard InChI is InChI=1S/C9H13ClN2O4S2/c1-12(2)18(15,16)9-5-3-4-8(6-9)11-17(13,14)7-10/h3-6,11H,7H2,1-2H3. The third kappa shape index (κ3) is 3.58. The van der Waals surface area contributed by atoms with Crippen molar-refractivity contribution in [1.82, 2.24) is 4.31 Å². The molecule has 0 aromatic heterocycles. The summed E-state index contributed by atoms with van der Waals surface area (Å²) < 4.78 is 49.4. The van der Waals surface area contributed by atoms with Crippen molar-refractivity contribution in [3.05, 3.63) is 24.3 Å². The van der Waals surface area contributed by atoms with E-state index in [2.05, 4.69) is 4.72 Å². The van der Waals surface area contributed by atoms with E-state index >= 15 is 0 Å². The quantitative estimate of drug-likeness (QED) is 0.818. The molecule has 0 aliphatic heterocycles. The molecule has 0 bridgehead atoms. The second kappa shape index (κ2) is 5.43. The summed E-state index contributed by atoms with van der Waals surface area (Å²) >= 11 is 5.25. The molecule has 0 fully saturated rings. The maximum absolute atomic E-state index is 11.8. The highest BCUT2D eigenvalue weighted by Crippen LogP contribution is 2.18. The van der Waals surface area contributed by atoms with Crippen molar-refractivity contribution >= 4 is 37.3 Å². The lowest BCUT2D eigenvalue weighted by Gasteiger charge is -2.12. The Morgan fingerprint density at radius 2 is 1.83 bits per heavy atom. The van der Waals surface area contributed by atoms with E-state index in [1.807, 2.05) is 0 Å². The second-order valence-electron chi connectivity index (χ2n) is 3.64. The lowest BCUT2D eigenvalue weighted by Crippen LogP contribution is -2.22. The van der Waals surface area contributed by atoms with E-state index in [0.717, 1.165) is 4.31 Å². The zero-order valence-electron chi connectivity index (χ0n) is 9.79. The topological polar surface area (TPSA) is 83.6 Å². The van der Waals surface area contributed by atoms with E-state index in [4.69, 9.17) is 11.6 Å². The van der Waals surface area contributed by atoms with Crippen LogP contribution in [-0.4, -0.2) is 40.4 Å². The molecule has 0 aliphatic carbocycles. The highest BCUT2D eigenvalue weighted by atomic mass is 35.5. The Hall–Kier alpha value is -0.830. The van der Waals surface area contributed by atoms with Gasteiger partial charge in [-0.25, -0.2) is 21.1 Å². The third-order valence-electron chi connectivity index (χ3n) is 2.03. The Labute approximate surface area is 112 Å². The number of nitrogens with zero attached hydrogens (tertiary/aromatic N) is 1. The summed E-state index contributed by atoms with van der Waals surface area (Å²) in [6.45, 7) is 0. The molecule has 0 saturated carbocycles. The van der Waals surface area contributed by atoms with E-state index in [-0.39, 0.29) is 10.6 Å². The molecule has 1 N–H and O–H groups in total. The maximum atomic E-state index is 11.8. The number of anilines is 1. The van der Waals surface area contributed by atoms with Crippen LogP contribution in [0.4, 0.5) is 5.69 Å². The van der Waals surface area contributed by atoms with Crippen LogP contribution in [0.2, 0.25) is 0 Å². The van der Waals surface area contributed by atoms with Gasteiger partial charge in [0.2, 0.25) is 20.0 Å². The zero-order chi connectivity index (χ0) is 14.0. The van der Waals surface area contributed by atoms with Crippen molar-refractivity contribution in [3.63, 3.8) is 0 Å². The highest BCUT2D eigenvalue weighted by molar-refractivity contribution is 7.93. The van der Waals surface area contributed by atoms with Crippen molar-refractivity contribution < 1.29 is 16.8 Å². The average molecular weight is 313 g/mol. The molecule has 0 saturated heterocycles. The number of benzene rings is 1. The number of hydrogen-bond donors (Lipinski definition) is 1. The molecule has 0 amide bonds. The first-order valence-corrected chi connectivity index (χ1v) is 8.41. The van der Waals surface area contributed by atoms with Gasteiger partial charge in [-0.15, -0.1) is 11.6 Å². The zero-order valence-corrected chi connectivity index (χ0v) is 12.2. The minimum absolute atomic E-state index is 0.00210. The van der Waals surface area contributed by atoms with Crippen LogP contribution in [-0.2, 0) is 20.0 Å². The molecular weight excluding hydrogens is 300 g/mol. The molecule has 0 spiro atoms. The number of sulfonamides is 2. The Balaban J connectivity index is 3.16. The summed E-state index contributed by atoms with van der Waals surface area (Å²) in [4.78, 5) is 0.00210. The fourth-order valence-corrected chi connectivity index (χ4v) is 2.79. The summed E-state index contributed by atoms with van der Waals surface area (Å²) in [5.41, 5.74) is 0.151. The summed E-state index contributed by atoms with van der Waals surface area (Å²) in [7, 11) is -4.46. The van der Waals surface area contributed by atoms with Gasteiger partial charge in [-0.2, -0.15) is 0 Å². The summed E-state index contributed by atoms with van der Waals surface area (Å²) in [5.74, 6) is 0. The van der Waals surface area contributed by atoms with Gasteiger partial charge in [-0.05, 0) is 18.2 Å². The van der Waals surface area contributed by atoms with Crippen LogP contribution in [0.15, 0.2) is 29.2 Å². The minimum atomic E-state index is -3.65. The molecular formula is C9H13ClN2O4S2. The third-order valence-corrected chi connectivity index (χ3v) is 5.54. The van der Waals surface area contributed by atoms with Crippen molar-refractivity contribution in [1.29, 1.82) is 0 Å². The van der Waals surface area contributed by atoms with E-state index in [1.165, 1.54) is 38.4 Å². The van der Waals surface area contributed by atoms with Gasteiger partial charge in [0.05, 0.1) is 4.90 Å². The van der Waals surface area contributed by atoms with Gasteiger partial charge in [0.15, 0.2) is 0 Å². The number of halogens is 1. The van der Waals surface area contributed by atoms with Crippen LogP contribution in [0.3, 0.4) is 0 Å². The first-order valence-electron chi connectivity index (χ1n) is 4.78. The first-order chi connectivity index (χ1) is 8.19. The SMILES string of the molecule is CN(C)S(=O)(=O)c1cccc(NS(=O)(=O)CCl)c1. The van der Waals surface area contributed by atoms with Crippen molar-refractivity contribution in [2.45, 2.75) is 4.90 Å². The average Bonchev–Trinajstić information content (AvgIpc) is 2.28. The van der Waals surface area contributed by atoms with Crippen LogP contribution < -0.4 is 4.72 Å². The van der Waals surface area contributed by atoms with Crippen LogP contribution in [0.25, 0.3) is 0 Å². The van der Waals surface area contributed by atoms with E-state index in [9.17, 15) is 16.8 Å². The van der Waals surface area contributed by atoms with Crippen molar-refractivity contribution in [3.8, 4) is 0 Å². The molecule has 0 aliphatic rings. The van der Waals surface area contributed by atoms with Gasteiger partial charge in [0.1, 0.15) is 5.21 Å². The number of nitrogens with one attached hydrogen (secondary N) is 1. The van der Waals surface area contributed by atoms with Crippen LogP contribution in [0, 0.1) is 0 Å². The predicted molar refractivity (Wildman–Crippen MR) is 70.6 cm³/mol. The fraction of sp³-hybridized carbons (Fsp3) is 0.333. The van der Waals surface area contributed by atoms with Crippen LogP contribution in [0.5, 0.6) is 0 Å². The molecule has 0 heterocycles. The van der Waals surface area contributed by atoms with Gasteiger partial charge in [-0.1, -0.05) is 6.07 Å². The molecule has 1 aromatic carbocycles. The molecule has 1 rings (SSSR count). The second-order valence-corrected chi connectivity index (χ2v) is 8.10. The minimum Gasteiger partial charge on any atom is -0.283 e. The lowest BCUT2D eigenvalue weighted by molar-refractivity contribution is 0.521. The molecule has 6 nitrogen and oxygen atoms in total. The van der Waals surface area contributed by atoms with Gasteiger partial charge >= 0.3 is 0 Å². The molecule has 0 radical (unpaired) electrons. The molecule has 9 heteroatoms. The van der Waals surface area contributed by atoms with E-state index < -0.39 is 25.3 Å². The van der Waals surface area contributed by atoms with Gasteiger partial charge in [0.25, 0.3) is 0 Å². The Morgan fingerprint density at radius 3 is 2.33 bits per heavy atom. The normalized spacial score (nSPS) is 12.7. The first kappa shape index (κ1) is 15.2. The molecule has 0 atom stereocenters. The van der Waals surface area contributed by atoms with E-state index in [1.54, 1.807) is 0 Å². The molecule has 102 valence electrons. The maximum Gasteiger partial charge on any atom is 0.246 e. The summed E-state index contributed by atoms with van der Waals surface area (Å²) in [5, 5.41) is -0.600. The lowest BCUT2D eigenvalue weighted by atomic mass is 10.3. The smallest absolute Gasteiger partial charge is 0.246 e. The van der Waals surface area contributed by atoms with Crippen molar-refractivity contribution in [2.24, 2.45) is 0 Å². The summed E-state index contributed by atoms with van der Waals surface area (Å²) in [6, 6.07) is 5.51. The van der Waals surface area contributed by atoms with Crippen LogP contribution in [0.1, 0.15) is 0 Å². The van der Waals surface area contributed by atoms with Gasteiger partial charge < -0.3 is 0 Å². The number of hydrogen-bond acceptors (Lipinski definition) is 4. The number of alkyl halides is 1. The summed E-state index contributed by atoms with van der Waals surface area (Å²) in [6.07, 6.45) is 0. The highest BCUT2D eigenvalue weighted by Gasteiger charge is 2.18. The Morgan fingerprint density at radius 1 is 1.22 bits per heavy atom. The van der Waals surface area contributed by atoms with Gasteiger partial charge in [0, 0.05) is 19.8 Å². The van der Waals surface area contributed by atoms with Gasteiger partial charge in [-0.3, -0.25) is 4.72 Å². The van der Waals surface area contributed by atoms with Crippen LogP contribution >= 0.6 is 11.6 Å². The predicted octanol–water partition coefficient (Wildman–Crippen LogP) is 0.875. The fourth-order valence-electron chi connectivity index (χ4n) is 1.14. The monoisotopic (exact) mass is 312 g/mol. The molecule has 1 aromatic rings. The molecule has 18 heavy (non-hydrogen) atoms. The largest absolute Gasteiger partial charge is 0.283 e. The van der Waals surface area contributed by atoms with Crippen molar-refractivity contribution in [2.75, 3.05) is 24.0 Å². The Kier molecular flexibility index (Phi) is 4.60. The molecule has 0 unspecified atom stereocenters. The van der Waals surface area contributed by atoms with E-state index in [0.29, 0.717) is 0 Å². The number of rotatable bonds is 5.